The summed E-state index contributed by atoms with van der Waals surface area (Å²) in [5.41, 5.74) is -0.806. The van der Waals surface area contributed by atoms with E-state index in [4.69, 9.17) is 11.6 Å². The average molecular weight is 517 g/mol. The molecule has 34 heavy (non-hydrogen) atoms. The van der Waals surface area contributed by atoms with Crippen LogP contribution in [0.1, 0.15) is 12.6 Å². The van der Waals surface area contributed by atoms with Gasteiger partial charge in [-0.15, -0.1) is 0 Å². The van der Waals surface area contributed by atoms with Gasteiger partial charge in [0, 0.05) is 29.0 Å². The first kappa shape index (κ1) is 24.0. The number of benzene rings is 1. The van der Waals surface area contributed by atoms with Gasteiger partial charge in [-0.3, -0.25) is 9.38 Å². The van der Waals surface area contributed by atoms with Gasteiger partial charge in [-0.05, 0) is 23.8 Å². The molecule has 13 heteroatoms. The van der Waals surface area contributed by atoms with E-state index < -0.39 is 27.6 Å². The molecule has 0 N–H and O–H groups in total. The van der Waals surface area contributed by atoms with Gasteiger partial charge in [-0.2, -0.15) is 22.0 Å². The van der Waals surface area contributed by atoms with Crippen molar-refractivity contribution in [1.29, 1.82) is 0 Å². The monoisotopic (exact) mass is 516 g/mol. The number of alkyl halides is 5. The minimum absolute atomic E-state index is 0.0380. The number of aromatic nitrogens is 4. The molecule has 3 heterocycles. The van der Waals surface area contributed by atoms with Crippen LogP contribution in [0, 0.1) is 0 Å². The van der Waals surface area contributed by atoms with E-state index in [0.29, 0.717) is 22.2 Å². The van der Waals surface area contributed by atoms with Crippen molar-refractivity contribution in [2.24, 2.45) is 0 Å². The predicted octanol–water partition coefficient (Wildman–Crippen LogP) is 5.56. The number of imidazole rings is 1. The Labute approximate surface area is 195 Å². The van der Waals surface area contributed by atoms with Crippen molar-refractivity contribution >= 4 is 27.1 Å². The molecule has 0 spiro atoms. The Morgan fingerprint density at radius 3 is 2.29 bits per heavy atom. The molecule has 6 nitrogen and oxygen atoms in total. The van der Waals surface area contributed by atoms with Crippen molar-refractivity contribution < 1.29 is 30.4 Å². The smallest absolute Gasteiger partial charge is 0.290 e. The number of hydrogen-bond acceptors (Lipinski definition) is 5. The maximum absolute atomic E-state index is 13.7. The third kappa shape index (κ3) is 4.23. The van der Waals surface area contributed by atoms with Gasteiger partial charge >= 0.3 is 12.1 Å². The molecule has 0 unspecified atom stereocenters. The summed E-state index contributed by atoms with van der Waals surface area (Å²) in [5, 5.41) is 0.489. The zero-order valence-electron chi connectivity index (χ0n) is 17.2. The van der Waals surface area contributed by atoms with Gasteiger partial charge in [0.15, 0.2) is 9.84 Å². The van der Waals surface area contributed by atoms with Gasteiger partial charge < -0.3 is 0 Å². The number of sulfone groups is 1. The van der Waals surface area contributed by atoms with Crippen LogP contribution in [-0.4, -0.2) is 39.7 Å². The van der Waals surface area contributed by atoms with Crippen LogP contribution in [0.4, 0.5) is 22.0 Å². The van der Waals surface area contributed by atoms with Crippen molar-refractivity contribution in [3.8, 4) is 22.5 Å². The number of rotatable bonds is 5. The van der Waals surface area contributed by atoms with E-state index in [-0.39, 0.29) is 27.7 Å². The predicted molar refractivity (Wildman–Crippen MR) is 114 cm³/mol. The molecule has 1 aromatic carbocycles. The molecule has 0 saturated carbocycles. The van der Waals surface area contributed by atoms with Crippen molar-refractivity contribution in [3.63, 3.8) is 0 Å². The highest BCUT2D eigenvalue weighted by molar-refractivity contribution is 7.91. The second kappa shape index (κ2) is 8.27. The molecule has 4 rings (SSSR count). The SMILES string of the molecule is CCS(=O)(=O)c1cc(-c2ccc(Cl)cc2)cnc1-c1cn2cnc(C(F)(F)C(F)(F)F)cc2n1. The van der Waals surface area contributed by atoms with E-state index in [1.165, 1.54) is 25.4 Å². The number of fused-ring (bicyclic) bond motifs is 1. The van der Waals surface area contributed by atoms with Crippen molar-refractivity contribution in [3.05, 3.63) is 65.8 Å². The van der Waals surface area contributed by atoms with E-state index in [9.17, 15) is 30.4 Å². The van der Waals surface area contributed by atoms with E-state index in [0.717, 1.165) is 10.7 Å². The molecule has 0 amide bonds. The third-order valence-corrected chi connectivity index (χ3v) is 7.01. The molecule has 0 saturated heterocycles. The Hall–Kier alpha value is -3.12. The summed E-state index contributed by atoms with van der Waals surface area (Å²) in [4.78, 5) is 11.3. The van der Waals surface area contributed by atoms with Gasteiger partial charge in [-0.1, -0.05) is 30.7 Å². The summed E-state index contributed by atoms with van der Waals surface area (Å²) in [6.45, 7) is 1.44. The Bertz CT molecular complexity index is 1490. The normalized spacial score (nSPS) is 12.9. The van der Waals surface area contributed by atoms with E-state index in [1.54, 1.807) is 24.3 Å². The molecule has 0 aliphatic heterocycles. The summed E-state index contributed by atoms with van der Waals surface area (Å²) < 4.78 is 92.2. The van der Waals surface area contributed by atoms with Crippen LogP contribution in [0.5, 0.6) is 0 Å². The molecule has 0 aliphatic rings. The Balaban J connectivity index is 1.86. The lowest BCUT2D eigenvalue weighted by Crippen LogP contribution is -2.34. The quantitative estimate of drug-likeness (QED) is 0.325. The lowest BCUT2D eigenvalue weighted by Gasteiger charge is -2.18. The topological polar surface area (TPSA) is 77.2 Å². The summed E-state index contributed by atoms with van der Waals surface area (Å²) in [5.74, 6) is -5.45. The molecule has 0 aliphatic carbocycles. The maximum atomic E-state index is 13.7. The summed E-state index contributed by atoms with van der Waals surface area (Å²) in [6, 6.07) is 8.51. The number of pyridine rings is 1. The Morgan fingerprint density at radius 1 is 1.00 bits per heavy atom. The zero-order valence-corrected chi connectivity index (χ0v) is 18.8. The molecule has 4 aromatic rings. The fraction of sp³-hybridized carbons (Fsp3) is 0.190. The fourth-order valence-corrected chi connectivity index (χ4v) is 4.35. The lowest BCUT2D eigenvalue weighted by atomic mass is 10.1. The minimum Gasteiger partial charge on any atom is -0.290 e. The highest BCUT2D eigenvalue weighted by Crippen LogP contribution is 2.43. The van der Waals surface area contributed by atoms with Crippen LogP contribution in [0.15, 0.2) is 60.0 Å². The van der Waals surface area contributed by atoms with Gasteiger partial charge in [0.25, 0.3) is 0 Å². The summed E-state index contributed by atoms with van der Waals surface area (Å²) >= 11 is 5.90. The molecule has 0 radical (unpaired) electrons. The number of nitrogens with zero attached hydrogens (tertiary/aromatic N) is 4. The third-order valence-electron chi connectivity index (χ3n) is 5.01. The summed E-state index contributed by atoms with van der Waals surface area (Å²) in [6.07, 6.45) is -2.44. The van der Waals surface area contributed by atoms with Crippen LogP contribution in [-0.2, 0) is 15.8 Å². The fourth-order valence-electron chi connectivity index (χ4n) is 3.15. The molecular formula is C21H14ClF5N4O2S. The summed E-state index contributed by atoms with van der Waals surface area (Å²) in [7, 11) is -3.83. The highest BCUT2D eigenvalue weighted by atomic mass is 35.5. The molecule has 3 aromatic heterocycles. The molecule has 178 valence electrons. The average Bonchev–Trinajstić information content (AvgIpc) is 3.22. The Morgan fingerprint density at radius 2 is 1.68 bits per heavy atom. The van der Waals surface area contributed by atoms with Gasteiger partial charge in [0.1, 0.15) is 29.1 Å². The standard InChI is InChI=1S/C21H14ClF5N4O2S/c1-2-34(32,33)16-7-13(12-3-5-14(22)6-4-12)9-28-19(16)15-10-31-11-29-17(8-18(31)30-15)20(23,24)21(25,26)27/h3-11H,2H2,1H3. The van der Waals surface area contributed by atoms with E-state index in [1.807, 2.05) is 0 Å². The van der Waals surface area contributed by atoms with E-state index in [2.05, 4.69) is 15.0 Å². The van der Waals surface area contributed by atoms with Crippen LogP contribution in [0.25, 0.3) is 28.2 Å². The van der Waals surface area contributed by atoms with Crippen LogP contribution in [0.2, 0.25) is 5.02 Å². The number of halogens is 6. The lowest BCUT2D eigenvalue weighted by molar-refractivity contribution is -0.290. The van der Waals surface area contributed by atoms with E-state index >= 15 is 0 Å². The molecular weight excluding hydrogens is 503 g/mol. The minimum atomic E-state index is -5.84. The van der Waals surface area contributed by atoms with Crippen LogP contribution >= 0.6 is 11.6 Å². The first-order valence-electron chi connectivity index (χ1n) is 9.62. The first-order valence-corrected chi connectivity index (χ1v) is 11.7. The largest absolute Gasteiger partial charge is 0.459 e. The van der Waals surface area contributed by atoms with Crippen molar-refractivity contribution in [2.45, 2.75) is 23.9 Å². The zero-order chi connectivity index (χ0) is 24.9. The molecule has 0 atom stereocenters. The van der Waals surface area contributed by atoms with Crippen molar-refractivity contribution in [1.82, 2.24) is 19.4 Å². The highest BCUT2D eigenvalue weighted by Gasteiger charge is 2.60. The van der Waals surface area contributed by atoms with Gasteiger partial charge in [0.2, 0.25) is 0 Å². The second-order valence-electron chi connectivity index (χ2n) is 7.22. The van der Waals surface area contributed by atoms with Crippen LogP contribution in [0.3, 0.4) is 0 Å². The molecule has 0 bridgehead atoms. The van der Waals surface area contributed by atoms with Crippen molar-refractivity contribution in [2.75, 3.05) is 5.75 Å². The van der Waals surface area contributed by atoms with Gasteiger partial charge in [-0.25, -0.2) is 18.4 Å². The molecule has 0 fully saturated rings. The Kier molecular flexibility index (Phi) is 5.85. The van der Waals surface area contributed by atoms with Gasteiger partial charge in [0.05, 0.1) is 10.6 Å². The maximum Gasteiger partial charge on any atom is 0.459 e. The second-order valence-corrected chi connectivity index (χ2v) is 9.90. The number of hydrogen-bond donors (Lipinski definition) is 0. The van der Waals surface area contributed by atoms with Crippen LogP contribution < -0.4 is 0 Å². The first-order chi connectivity index (χ1) is 15.8.